The third-order valence-corrected chi connectivity index (χ3v) is 6.90. The molecule has 0 bridgehead atoms. The fourth-order valence-corrected chi connectivity index (χ4v) is 5.16. The van der Waals surface area contributed by atoms with E-state index in [1.54, 1.807) is 26.8 Å². The van der Waals surface area contributed by atoms with E-state index in [1.165, 1.54) is 38.1 Å². The Morgan fingerprint density at radius 3 is 2.49 bits per heavy atom. The average molecular weight is 515 g/mol. The van der Waals surface area contributed by atoms with Gasteiger partial charge in [0, 0.05) is 14.1 Å². The zero-order valence-corrected chi connectivity index (χ0v) is 21.1. The Labute approximate surface area is 202 Å². The van der Waals surface area contributed by atoms with E-state index in [1.807, 2.05) is 0 Å². The SMILES string of the molecule is Cc1nn(C(F)F)cc1S(=O)(=O)N1C[C@H](C(=O)N(C)C)Oc2ccc(CC(=O)OC(C)(C)C)cc21. The highest BCUT2D eigenvalue weighted by Crippen LogP contribution is 2.39. The predicted molar refractivity (Wildman–Crippen MR) is 122 cm³/mol. The number of esters is 1. The van der Waals surface area contributed by atoms with E-state index >= 15 is 0 Å². The predicted octanol–water partition coefficient (Wildman–Crippen LogP) is 2.52. The lowest BCUT2D eigenvalue weighted by Crippen LogP contribution is -2.50. The number of carbonyl (C=O) groups excluding carboxylic acids is 2. The smallest absolute Gasteiger partial charge is 0.333 e. The summed E-state index contributed by atoms with van der Waals surface area (Å²) in [4.78, 5) is 25.8. The summed E-state index contributed by atoms with van der Waals surface area (Å²) in [6.07, 6.45) is -0.562. The van der Waals surface area contributed by atoms with E-state index < -0.39 is 51.6 Å². The van der Waals surface area contributed by atoms with Crippen molar-refractivity contribution in [2.45, 2.75) is 57.3 Å². The van der Waals surface area contributed by atoms with E-state index in [2.05, 4.69) is 5.10 Å². The number of aryl methyl sites for hydroxylation is 1. The first-order chi connectivity index (χ1) is 16.1. The second-order valence-electron chi connectivity index (χ2n) is 9.28. The van der Waals surface area contributed by atoms with Gasteiger partial charge in [-0.3, -0.25) is 13.9 Å². The largest absolute Gasteiger partial charge is 0.476 e. The van der Waals surface area contributed by atoms with Crippen LogP contribution in [0.2, 0.25) is 0 Å². The van der Waals surface area contributed by atoms with Gasteiger partial charge >= 0.3 is 12.5 Å². The first-order valence-electron chi connectivity index (χ1n) is 10.7. The number of hydrogen-bond donors (Lipinski definition) is 0. The van der Waals surface area contributed by atoms with Gasteiger partial charge < -0.3 is 14.4 Å². The van der Waals surface area contributed by atoms with Crippen LogP contribution in [0.3, 0.4) is 0 Å². The summed E-state index contributed by atoms with van der Waals surface area (Å²) < 4.78 is 65.8. The van der Waals surface area contributed by atoms with Gasteiger partial charge in [0.1, 0.15) is 16.2 Å². The third-order valence-electron chi connectivity index (χ3n) is 5.02. The first kappa shape index (κ1) is 26.4. The highest BCUT2D eigenvalue weighted by molar-refractivity contribution is 7.92. The summed E-state index contributed by atoms with van der Waals surface area (Å²) in [7, 11) is -1.43. The van der Waals surface area contributed by atoms with Gasteiger partial charge in [-0.1, -0.05) is 6.07 Å². The molecule has 13 heteroatoms. The molecule has 2 aromatic rings. The Kier molecular flexibility index (Phi) is 7.12. The quantitative estimate of drug-likeness (QED) is 0.545. The number of fused-ring (bicyclic) bond motifs is 1. The van der Waals surface area contributed by atoms with E-state index in [0.29, 0.717) is 5.56 Å². The molecule has 10 nitrogen and oxygen atoms in total. The number of alkyl halides is 2. The van der Waals surface area contributed by atoms with Crippen molar-refractivity contribution < 1.29 is 36.3 Å². The van der Waals surface area contributed by atoms with Gasteiger partial charge in [-0.15, -0.1) is 0 Å². The molecule has 0 spiro atoms. The fourth-order valence-electron chi connectivity index (χ4n) is 3.53. The van der Waals surface area contributed by atoms with Crippen LogP contribution in [0.1, 0.15) is 38.6 Å². The van der Waals surface area contributed by atoms with Crippen molar-refractivity contribution in [1.82, 2.24) is 14.7 Å². The van der Waals surface area contributed by atoms with Crippen molar-refractivity contribution in [2.75, 3.05) is 24.9 Å². The lowest BCUT2D eigenvalue weighted by atomic mass is 10.1. The molecule has 0 aliphatic carbocycles. The maximum absolute atomic E-state index is 13.6. The summed E-state index contributed by atoms with van der Waals surface area (Å²) in [5, 5.41) is 3.59. The number of anilines is 1. The van der Waals surface area contributed by atoms with Crippen molar-refractivity contribution in [1.29, 1.82) is 0 Å². The number of ether oxygens (including phenoxy) is 2. The number of hydrogen-bond acceptors (Lipinski definition) is 7. The molecule has 0 saturated heterocycles. The standard InChI is InChI=1S/C22H28F2N4O6S/c1-13-18(12-27(25-13)21(23)24)35(31,32)28-11-17(20(30)26(5)6)33-16-8-7-14(9-15(16)28)10-19(29)34-22(2,3)4/h7-9,12,17,21H,10-11H2,1-6H3/t17-/m1/s1. The normalized spacial score (nSPS) is 16.0. The fraction of sp³-hybridized carbons (Fsp3) is 0.500. The number of carbonyl (C=O) groups is 2. The molecular formula is C22H28F2N4O6S. The van der Waals surface area contributed by atoms with Crippen LogP contribution in [0.15, 0.2) is 29.3 Å². The molecule has 0 radical (unpaired) electrons. The van der Waals surface area contributed by atoms with Gasteiger partial charge in [0.15, 0.2) is 6.10 Å². The zero-order valence-electron chi connectivity index (χ0n) is 20.3. The summed E-state index contributed by atoms with van der Waals surface area (Å²) in [5.74, 6) is -0.904. The van der Waals surface area contributed by atoms with E-state index in [-0.39, 0.29) is 28.2 Å². The molecule has 0 saturated carbocycles. The second-order valence-corrected chi connectivity index (χ2v) is 11.1. The minimum absolute atomic E-state index is 0.0676. The number of halogens is 2. The molecule has 1 aromatic carbocycles. The molecular weight excluding hydrogens is 486 g/mol. The molecule has 2 heterocycles. The minimum atomic E-state index is -4.44. The number of likely N-dealkylation sites (N-methyl/N-ethyl adjacent to an activating group) is 1. The molecule has 0 fully saturated rings. The second kappa shape index (κ2) is 9.44. The van der Waals surface area contributed by atoms with Crippen LogP contribution in [0.5, 0.6) is 5.75 Å². The van der Waals surface area contributed by atoms with Crippen molar-refractivity contribution in [3.8, 4) is 5.75 Å². The van der Waals surface area contributed by atoms with Crippen molar-refractivity contribution in [3.63, 3.8) is 0 Å². The molecule has 1 aliphatic rings. The number of amides is 1. The Morgan fingerprint density at radius 2 is 1.94 bits per heavy atom. The van der Waals surface area contributed by atoms with Crippen LogP contribution in [0, 0.1) is 6.92 Å². The van der Waals surface area contributed by atoms with Crippen LogP contribution in [0.25, 0.3) is 0 Å². The lowest BCUT2D eigenvalue weighted by Gasteiger charge is -2.35. The highest BCUT2D eigenvalue weighted by atomic mass is 32.2. The molecule has 0 unspecified atom stereocenters. The van der Waals surface area contributed by atoms with Gasteiger partial charge in [0.2, 0.25) is 0 Å². The van der Waals surface area contributed by atoms with Gasteiger partial charge in [-0.05, 0) is 45.4 Å². The number of sulfonamides is 1. The molecule has 3 rings (SSSR count). The monoisotopic (exact) mass is 514 g/mol. The summed E-state index contributed by atoms with van der Waals surface area (Å²) in [6, 6.07) is 4.47. The minimum Gasteiger partial charge on any atom is -0.476 e. The van der Waals surface area contributed by atoms with Crippen molar-refractivity contribution in [3.05, 3.63) is 35.7 Å². The summed E-state index contributed by atoms with van der Waals surface area (Å²) in [5.41, 5.74) is -0.317. The lowest BCUT2D eigenvalue weighted by molar-refractivity contribution is -0.153. The highest BCUT2D eigenvalue weighted by Gasteiger charge is 2.40. The number of nitrogens with zero attached hydrogens (tertiary/aromatic N) is 4. The third kappa shape index (κ3) is 5.72. The van der Waals surface area contributed by atoms with Gasteiger partial charge in [-0.25, -0.2) is 13.1 Å². The molecule has 1 aromatic heterocycles. The average Bonchev–Trinajstić information content (AvgIpc) is 3.13. The Hall–Kier alpha value is -3.22. The van der Waals surface area contributed by atoms with Crippen LogP contribution >= 0.6 is 0 Å². The van der Waals surface area contributed by atoms with Gasteiger partial charge in [0.05, 0.1) is 30.5 Å². The topological polar surface area (TPSA) is 111 Å². The molecule has 1 amide bonds. The summed E-state index contributed by atoms with van der Waals surface area (Å²) in [6.45, 7) is 3.05. The number of aromatic nitrogens is 2. The van der Waals surface area contributed by atoms with E-state index in [4.69, 9.17) is 9.47 Å². The maximum Gasteiger partial charge on any atom is 0.333 e. The molecule has 35 heavy (non-hydrogen) atoms. The first-order valence-corrected chi connectivity index (χ1v) is 12.1. The van der Waals surface area contributed by atoms with Crippen LogP contribution in [-0.2, 0) is 30.8 Å². The maximum atomic E-state index is 13.6. The van der Waals surface area contributed by atoms with Gasteiger partial charge in [-0.2, -0.15) is 13.9 Å². The number of benzene rings is 1. The van der Waals surface area contributed by atoms with Crippen LogP contribution < -0.4 is 9.04 Å². The van der Waals surface area contributed by atoms with Crippen LogP contribution in [0.4, 0.5) is 14.5 Å². The van der Waals surface area contributed by atoms with Crippen LogP contribution in [-0.4, -0.2) is 67.3 Å². The van der Waals surface area contributed by atoms with E-state index in [0.717, 1.165) is 10.5 Å². The van der Waals surface area contributed by atoms with E-state index in [9.17, 15) is 26.8 Å². The molecule has 0 N–H and O–H groups in total. The summed E-state index contributed by atoms with van der Waals surface area (Å²) >= 11 is 0. The molecule has 192 valence electrons. The van der Waals surface area contributed by atoms with Crippen molar-refractivity contribution >= 4 is 27.6 Å². The molecule has 1 atom stereocenters. The molecule has 1 aliphatic heterocycles. The zero-order chi connectivity index (χ0) is 26.3. The van der Waals surface area contributed by atoms with Gasteiger partial charge in [0.25, 0.3) is 15.9 Å². The Bertz CT molecular complexity index is 1240. The number of rotatable bonds is 6. The Balaban J connectivity index is 2.07. The van der Waals surface area contributed by atoms with Crippen molar-refractivity contribution in [2.24, 2.45) is 0 Å². The Morgan fingerprint density at radius 1 is 1.29 bits per heavy atom.